The van der Waals surface area contributed by atoms with E-state index >= 15 is 0 Å². The lowest BCUT2D eigenvalue weighted by Crippen LogP contribution is -2.31. The molecule has 0 aliphatic rings. The third kappa shape index (κ3) is 4.51. The van der Waals surface area contributed by atoms with Crippen molar-refractivity contribution in [3.05, 3.63) is 48.0 Å². The lowest BCUT2D eigenvalue weighted by molar-refractivity contribution is -0.134. The Morgan fingerprint density at radius 1 is 1.29 bits per heavy atom. The number of nitrogens with one attached hydrogen (secondary N) is 1. The topological polar surface area (TPSA) is 55.4 Å². The summed E-state index contributed by atoms with van der Waals surface area (Å²) in [5.74, 6) is -0.613. The molecule has 0 radical (unpaired) electrons. The number of ether oxygens (including phenoxy) is 1. The summed E-state index contributed by atoms with van der Waals surface area (Å²) in [6.45, 7) is 1.78. The number of rotatable bonds is 4. The first-order valence-corrected chi connectivity index (χ1v) is 5.25. The molecule has 90 valence electrons. The Morgan fingerprint density at radius 2 is 1.94 bits per heavy atom. The van der Waals surface area contributed by atoms with Crippen LogP contribution in [0.5, 0.6) is 0 Å². The maximum atomic E-state index is 11.7. The molecule has 1 rings (SSSR count). The summed E-state index contributed by atoms with van der Waals surface area (Å²) >= 11 is 0. The van der Waals surface area contributed by atoms with Gasteiger partial charge in [-0.2, -0.15) is 0 Å². The first kappa shape index (κ1) is 13.0. The minimum absolute atomic E-state index is 0.174. The lowest BCUT2D eigenvalue weighted by Gasteiger charge is -2.09. The molecule has 1 aromatic rings. The van der Waals surface area contributed by atoms with Crippen molar-refractivity contribution in [1.82, 2.24) is 5.32 Å². The fraction of sp³-hybridized carbons (Fsp3) is 0.231. The van der Waals surface area contributed by atoms with E-state index in [0.717, 1.165) is 0 Å². The van der Waals surface area contributed by atoms with Crippen LogP contribution in [-0.2, 0) is 9.53 Å². The first-order chi connectivity index (χ1) is 8.13. The number of carbonyl (C=O) groups is 2. The lowest BCUT2D eigenvalue weighted by atomic mass is 10.2. The Balaban J connectivity index is 2.52. The average molecular weight is 233 g/mol. The smallest absolute Gasteiger partial charge is 0.330 e. The molecule has 4 heteroatoms. The van der Waals surface area contributed by atoms with Crippen molar-refractivity contribution in [1.29, 1.82) is 0 Å². The van der Waals surface area contributed by atoms with Crippen molar-refractivity contribution < 1.29 is 14.3 Å². The molecule has 0 fully saturated rings. The van der Waals surface area contributed by atoms with Gasteiger partial charge in [-0.25, -0.2) is 4.79 Å². The van der Waals surface area contributed by atoms with E-state index < -0.39 is 5.97 Å². The maximum absolute atomic E-state index is 11.7. The summed E-state index contributed by atoms with van der Waals surface area (Å²) in [6.07, 6.45) is 2.86. The molecule has 0 bridgehead atoms. The van der Waals surface area contributed by atoms with E-state index in [4.69, 9.17) is 0 Å². The molecular formula is C13H15NO3. The normalized spacial score (nSPS) is 12.1. The zero-order chi connectivity index (χ0) is 12.7. The van der Waals surface area contributed by atoms with Crippen LogP contribution in [0.25, 0.3) is 0 Å². The van der Waals surface area contributed by atoms with Crippen LogP contribution in [0, 0.1) is 0 Å². The second kappa shape index (κ2) is 6.48. The fourth-order valence-electron chi connectivity index (χ4n) is 1.22. The summed E-state index contributed by atoms with van der Waals surface area (Å²) in [6, 6.07) is 8.66. The molecule has 0 spiro atoms. The SMILES string of the molecule is COC(=O)/C=C/C(C)NC(=O)c1ccccc1. The van der Waals surface area contributed by atoms with Gasteiger partial charge in [0.1, 0.15) is 0 Å². The van der Waals surface area contributed by atoms with Crippen molar-refractivity contribution in [2.75, 3.05) is 7.11 Å². The molecule has 1 aromatic carbocycles. The molecule has 1 amide bonds. The molecule has 1 N–H and O–H groups in total. The molecule has 1 atom stereocenters. The Hall–Kier alpha value is -2.10. The minimum Gasteiger partial charge on any atom is -0.466 e. The Bertz CT molecular complexity index is 412. The van der Waals surface area contributed by atoms with Crippen molar-refractivity contribution >= 4 is 11.9 Å². The Kier molecular flexibility index (Phi) is 4.94. The van der Waals surface area contributed by atoms with Crippen LogP contribution in [0.4, 0.5) is 0 Å². The van der Waals surface area contributed by atoms with E-state index in [1.54, 1.807) is 37.3 Å². The van der Waals surface area contributed by atoms with Gasteiger partial charge >= 0.3 is 5.97 Å². The van der Waals surface area contributed by atoms with Crippen LogP contribution >= 0.6 is 0 Å². The zero-order valence-corrected chi connectivity index (χ0v) is 9.84. The van der Waals surface area contributed by atoms with E-state index in [1.807, 2.05) is 6.07 Å². The van der Waals surface area contributed by atoms with Gasteiger partial charge < -0.3 is 10.1 Å². The molecule has 1 unspecified atom stereocenters. The van der Waals surface area contributed by atoms with Crippen LogP contribution in [0.15, 0.2) is 42.5 Å². The second-order valence-corrected chi connectivity index (χ2v) is 3.51. The Morgan fingerprint density at radius 3 is 2.53 bits per heavy atom. The van der Waals surface area contributed by atoms with E-state index in [0.29, 0.717) is 5.56 Å². The number of amides is 1. The minimum atomic E-state index is -0.439. The second-order valence-electron chi connectivity index (χ2n) is 3.51. The molecule has 0 saturated heterocycles. The van der Waals surface area contributed by atoms with Gasteiger partial charge in [-0.1, -0.05) is 24.3 Å². The molecular weight excluding hydrogens is 218 g/mol. The van der Waals surface area contributed by atoms with Crippen molar-refractivity contribution in [3.8, 4) is 0 Å². The van der Waals surface area contributed by atoms with Crippen LogP contribution in [0.1, 0.15) is 17.3 Å². The van der Waals surface area contributed by atoms with Gasteiger partial charge in [0, 0.05) is 17.7 Å². The molecule has 0 saturated carbocycles. The van der Waals surface area contributed by atoms with Gasteiger partial charge in [0.25, 0.3) is 5.91 Å². The quantitative estimate of drug-likeness (QED) is 0.634. The van der Waals surface area contributed by atoms with Crippen molar-refractivity contribution in [2.24, 2.45) is 0 Å². The highest BCUT2D eigenvalue weighted by Crippen LogP contribution is 1.99. The van der Waals surface area contributed by atoms with Gasteiger partial charge in [-0.3, -0.25) is 4.79 Å². The van der Waals surface area contributed by atoms with Gasteiger partial charge in [0.05, 0.1) is 7.11 Å². The average Bonchev–Trinajstić information content (AvgIpc) is 2.36. The van der Waals surface area contributed by atoms with Gasteiger partial charge in [0.2, 0.25) is 0 Å². The first-order valence-electron chi connectivity index (χ1n) is 5.25. The molecule has 0 heterocycles. The van der Waals surface area contributed by atoms with E-state index in [9.17, 15) is 9.59 Å². The highest BCUT2D eigenvalue weighted by Gasteiger charge is 2.06. The summed E-state index contributed by atoms with van der Waals surface area (Å²) in [5, 5.41) is 2.74. The van der Waals surface area contributed by atoms with Crippen LogP contribution in [-0.4, -0.2) is 25.0 Å². The summed E-state index contributed by atoms with van der Waals surface area (Å²) < 4.78 is 4.45. The number of benzene rings is 1. The predicted octanol–water partition coefficient (Wildman–Crippen LogP) is 1.53. The highest BCUT2D eigenvalue weighted by molar-refractivity contribution is 5.94. The summed E-state index contributed by atoms with van der Waals surface area (Å²) in [4.78, 5) is 22.6. The number of hydrogen-bond acceptors (Lipinski definition) is 3. The number of methoxy groups -OCH3 is 1. The fourth-order valence-corrected chi connectivity index (χ4v) is 1.22. The molecule has 0 aliphatic heterocycles. The highest BCUT2D eigenvalue weighted by atomic mass is 16.5. The van der Waals surface area contributed by atoms with Gasteiger partial charge in [-0.05, 0) is 19.1 Å². The van der Waals surface area contributed by atoms with E-state index in [-0.39, 0.29) is 11.9 Å². The van der Waals surface area contributed by atoms with Crippen LogP contribution in [0.2, 0.25) is 0 Å². The third-order valence-electron chi connectivity index (χ3n) is 2.12. The standard InChI is InChI=1S/C13H15NO3/c1-10(8-9-12(15)17-2)14-13(16)11-6-4-3-5-7-11/h3-10H,1-2H3,(H,14,16)/b9-8+. The van der Waals surface area contributed by atoms with Gasteiger partial charge in [0.15, 0.2) is 0 Å². The number of esters is 1. The summed E-state index contributed by atoms with van der Waals surface area (Å²) in [5.41, 5.74) is 0.589. The van der Waals surface area contributed by atoms with Crippen LogP contribution < -0.4 is 5.32 Å². The molecule has 0 aromatic heterocycles. The summed E-state index contributed by atoms with van der Waals surface area (Å²) in [7, 11) is 1.31. The number of hydrogen-bond donors (Lipinski definition) is 1. The largest absolute Gasteiger partial charge is 0.466 e. The maximum Gasteiger partial charge on any atom is 0.330 e. The number of carbonyl (C=O) groups excluding carboxylic acids is 2. The molecule has 17 heavy (non-hydrogen) atoms. The molecule has 0 aliphatic carbocycles. The van der Waals surface area contributed by atoms with Crippen molar-refractivity contribution in [3.63, 3.8) is 0 Å². The zero-order valence-electron chi connectivity index (χ0n) is 9.84. The van der Waals surface area contributed by atoms with E-state index in [1.165, 1.54) is 13.2 Å². The van der Waals surface area contributed by atoms with Gasteiger partial charge in [-0.15, -0.1) is 0 Å². The monoisotopic (exact) mass is 233 g/mol. The van der Waals surface area contributed by atoms with Crippen LogP contribution in [0.3, 0.4) is 0 Å². The van der Waals surface area contributed by atoms with E-state index in [2.05, 4.69) is 10.1 Å². The predicted molar refractivity (Wildman–Crippen MR) is 64.5 cm³/mol. The Labute approximate surface area is 100 Å². The molecule has 4 nitrogen and oxygen atoms in total. The third-order valence-corrected chi connectivity index (χ3v) is 2.12. The van der Waals surface area contributed by atoms with Crippen molar-refractivity contribution in [2.45, 2.75) is 13.0 Å².